The van der Waals surface area contributed by atoms with E-state index in [9.17, 15) is 18.0 Å². The minimum atomic E-state index is -3.40. The molecule has 0 radical (unpaired) electrons. The van der Waals surface area contributed by atoms with E-state index in [1.807, 2.05) is 6.92 Å². The topological polar surface area (TPSA) is 135 Å². The molecular formula is C27H29N3O6S. The summed E-state index contributed by atoms with van der Waals surface area (Å²) in [5, 5.41) is 10.8. The minimum absolute atomic E-state index is 0.130. The van der Waals surface area contributed by atoms with E-state index in [2.05, 4.69) is 15.6 Å². The van der Waals surface area contributed by atoms with Crippen LogP contribution >= 0.6 is 0 Å². The average molecular weight is 524 g/mol. The molecule has 194 valence electrons. The number of ether oxygens (including phenoxy) is 1. The lowest BCUT2D eigenvalue weighted by Gasteiger charge is -2.19. The predicted octanol–water partition coefficient (Wildman–Crippen LogP) is 4.34. The van der Waals surface area contributed by atoms with Crippen molar-refractivity contribution in [3.63, 3.8) is 0 Å². The molecule has 1 atom stereocenters. The van der Waals surface area contributed by atoms with Crippen LogP contribution in [0.15, 0.2) is 77.7 Å². The van der Waals surface area contributed by atoms with Gasteiger partial charge < -0.3 is 14.9 Å². The van der Waals surface area contributed by atoms with Gasteiger partial charge in [0.15, 0.2) is 21.8 Å². The van der Waals surface area contributed by atoms with Crippen molar-refractivity contribution in [2.45, 2.75) is 37.7 Å². The maximum Gasteiger partial charge on any atom is 0.329 e. The van der Waals surface area contributed by atoms with Crippen LogP contribution in [0.4, 0.5) is 5.69 Å². The monoisotopic (exact) mass is 523 g/mol. The zero-order valence-electron chi connectivity index (χ0n) is 20.8. The van der Waals surface area contributed by atoms with Gasteiger partial charge in [0, 0.05) is 30.0 Å². The normalized spacial score (nSPS) is 11.8. The second kappa shape index (κ2) is 12.2. The van der Waals surface area contributed by atoms with E-state index in [1.165, 1.54) is 13.2 Å². The number of anilines is 1. The van der Waals surface area contributed by atoms with Crippen molar-refractivity contribution in [2.24, 2.45) is 0 Å². The summed E-state index contributed by atoms with van der Waals surface area (Å²) in [6.45, 7) is 3.16. The van der Waals surface area contributed by atoms with Crippen LogP contribution in [-0.4, -0.2) is 38.5 Å². The molecule has 3 aromatic rings. The van der Waals surface area contributed by atoms with Gasteiger partial charge in [-0.05, 0) is 42.3 Å². The molecule has 0 saturated carbocycles. The molecule has 37 heavy (non-hydrogen) atoms. The zero-order valence-corrected chi connectivity index (χ0v) is 21.6. The van der Waals surface area contributed by atoms with Gasteiger partial charge in [0.1, 0.15) is 5.75 Å². The summed E-state index contributed by atoms with van der Waals surface area (Å²) in [5.41, 5.74) is 4.50. The molecule has 3 rings (SSSR count). The Kier molecular flexibility index (Phi) is 9.02. The minimum Gasteiger partial charge on any atom is -0.481 e. The molecule has 10 heteroatoms. The van der Waals surface area contributed by atoms with Gasteiger partial charge in [-0.25, -0.2) is 13.9 Å². The maximum atomic E-state index is 13.0. The third kappa shape index (κ3) is 7.65. The van der Waals surface area contributed by atoms with E-state index < -0.39 is 21.9 Å². The number of rotatable bonds is 9. The molecule has 0 aliphatic heterocycles. The van der Waals surface area contributed by atoms with Crippen LogP contribution in [0, 0.1) is 5.41 Å². The number of hydroxylamine groups is 1. The highest BCUT2D eigenvalue weighted by molar-refractivity contribution is 7.90. The fourth-order valence-electron chi connectivity index (χ4n) is 3.56. The second-order valence-electron chi connectivity index (χ2n) is 8.33. The highest BCUT2D eigenvalue weighted by Gasteiger charge is 2.21. The van der Waals surface area contributed by atoms with Gasteiger partial charge in [0.2, 0.25) is 0 Å². The van der Waals surface area contributed by atoms with Crippen LogP contribution in [0.25, 0.3) is 11.1 Å². The number of carbonyl (C=O) groups is 2. The van der Waals surface area contributed by atoms with Gasteiger partial charge >= 0.3 is 5.97 Å². The molecule has 9 nitrogen and oxygen atoms in total. The van der Waals surface area contributed by atoms with E-state index in [-0.39, 0.29) is 16.6 Å². The van der Waals surface area contributed by atoms with Crippen LogP contribution in [0.1, 0.15) is 32.3 Å². The van der Waals surface area contributed by atoms with Crippen LogP contribution < -0.4 is 15.5 Å². The first-order valence-electron chi connectivity index (χ1n) is 11.6. The van der Waals surface area contributed by atoms with Crippen molar-refractivity contribution < 1.29 is 27.6 Å². The van der Waals surface area contributed by atoms with Gasteiger partial charge in [-0.15, -0.1) is 0 Å². The molecule has 3 N–H and O–H groups in total. The van der Waals surface area contributed by atoms with Crippen molar-refractivity contribution in [1.82, 2.24) is 5.48 Å². The van der Waals surface area contributed by atoms with Crippen molar-refractivity contribution >= 4 is 33.2 Å². The Balaban J connectivity index is 1.72. The molecule has 1 unspecified atom stereocenters. The van der Waals surface area contributed by atoms with E-state index >= 15 is 0 Å². The molecule has 0 spiro atoms. The lowest BCUT2D eigenvalue weighted by Crippen LogP contribution is -2.33. The molecule has 0 aliphatic carbocycles. The Morgan fingerprint density at radius 3 is 2.35 bits per heavy atom. The van der Waals surface area contributed by atoms with E-state index in [4.69, 9.17) is 10.1 Å². The molecule has 0 heterocycles. The first kappa shape index (κ1) is 27.4. The number of amidine groups is 1. The summed E-state index contributed by atoms with van der Waals surface area (Å²) in [6, 6.07) is 20.2. The molecule has 0 aliphatic rings. The zero-order chi connectivity index (χ0) is 27.0. The standard InChI is InChI=1S/C27H29N3O6S/c1-4-8-24(35-22-10-7-9-20(17-22)26(28)30-36-18(2)31)27(32)29-21-15-13-19(14-16-21)23-11-5-6-12-25(23)37(3,33)34/h5-7,9-17,24H,4,8H2,1-3H3,(H2,28,30)(H,29,32). The third-order valence-corrected chi connectivity index (χ3v) is 6.45. The van der Waals surface area contributed by atoms with Gasteiger partial charge in [0.25, 0.3) is 5.91 Å². The maximum absolute atomic E-state index is 13.0. The predicted molar refractivity (Wildman–Crippen MR) is 141 cm³/mol. The Hall–Kier alpha value is -4.18. The summed E-state index contributed by atoms with van der Waals surface area (Å²) >= 11 is 0. The van der Waals surface area contributed by atoms with Crippen LogP contribution in [-0.2, 0) is 24.3 Å². The molecule has 1 amide bonds. The molecule has 0 fully saturated rings. The number of hydrogen-bond acceptors (Lipinski definition) is 7. The van der Waals surface area contributed by atoms with Gasteiger partial charge in [0.05, 0.1) is 4.90 Å². The lowest BCUT2D eigenvalue weighted by atomic mass is 10.1. The fraction of sp³-hybridized carbons (Fsp3) is 0.222. The van der Waals surface area contributed by atoms with Crippen molar-refractivity contribution in [2.75, 3.05) is 11.6 Å². The lowest BCUT2D eigenvalue weighted by molar-refractivity contribution is -0.145. The van der Waals surface area contributed by atoms with Crippen LogP contribution in [0.2, 0.25) is 0 Å². The van der Waals surface area contributed by atoms with E-state index in [0.29, 0.717) is 41.0 Å². The van der Waals surface area contributed by atoms with Crippen molar-refractivity contribution in [1.29, 1.82) is 5.41 Å². The highest BCUT2D eigenvalue weighted by Crippen LogP contribution is 2.28. The smallest absolute Gasteiger partial charge is 0.329 e. The number of carbonyl (C=O) groups excluding carboxylic acids is 2. The Bertz CT molecular complexity index is 1390. The average Bonchev–Trinajstić information content (AvgIpc) is 2.87. The van der Waals surface area contributed by atoms with E-state index in [0.717, 1.165) is 0 Å². The Morgan fingerprint density at radius 2 is 1.70 bits per heavy atom. The van der Waals surface area contributed by atoms with Gasteiger partial charge in [-0.1, -0.05) is 55.8 Å². The number of hydrogen-bond donors (Lipinski definition) is 3. The van der Waals surface area contributed by atoms with Gasteiger partial charge in [-0.3, -0.25) is 15.0 Å². The van der Waals surface area contributed by atoms with Crippen LogP contribution in [0.5, 0.6) is 5.75 Å². The van der Waals surface area contributed by atoms with Gasteiger partial charge in [-0.2, -0.15) is 0 Å². The van der Waals surface area contributed by atoms with Crippen LogP contribution in [0.3, 0.4) is 0 Å². The summed E-state index contributed by atoms with van der Waals surface area (Å²) in [7, 11) is -3.40. The van der Waals surface area contributed by atoms with Crippen molar-refractivity contribution in [3.8, 4) is 16.9 Å². The largest absolute Gasteiger partial charge is 0.481 e. The summed E-state index contributed by atoms with van der Waals surface area (Å²) in [6.07, 6.45) is 1.53. The SMILES string of the molecule is CCCC(Oc1cccc(C(=N)NOC(C)=O)c1)C(=O)Nc1ccc(-c2ccccc2S(C)(=O)=O)cc1. The quantitative estimate of drug-likeness (QED) is 0.216. The molecular weight excluding hydrogens is 494 g/mol. The molecule has 0 saturated heterocycles. The fourth-order valence-corrected chi connectivity index (χ4v) is 4.47. The number of benzene rings is 3. The summed E-state index contributed by atoms with van der Waals surface area (Å²) in [4.78, 5) is 28.8. The summed E-state index contributed by atoms with van der Waals surface area (Å²) in [5.74, 6) is -0.669. The molecule has 3 aromatic carbocycles. The molecule has 0 bridgehead atoms. The summed E-state index contributed by atoms with van der Waals surface area (Å²) < 4.78 is 30.2. The number of amides is 1. The Labute approximate surface area is 216 Å². The number of nitrogens with one attached hydrogen (secondary N) is 3. The third-order valence-electron chi connectivity index (χ3n) is 5.29. The first-order chi connectivity index (χ1) is 17.6. The number of sulfone groups is 1. The highest BCUT2D eigenvalue weighted by atomic mass is 32.2. The van der Waals surface area contributed by atoms with E-state index in [1.54, 1.807) is 72.8 Å². The first-order valence-corrected chi connectivity index (χ1v) is 13.5. The molecule has 0 aromatic heterocycles. The van der Waals surface area contributed by atoms with Crippen molar-refractivity contribution in [3.05, 3.63) is 78.4 Å². The Morgan fingerprint density at radius 1 is 1.00 bits per heavy atom. The second-order valence-corrected chi connectivity index (χ2v) is 10.3.